The first-order chi connectivity index (χ1) is 7.48. The summed E-state index contributed by atoms with van der Waals surface area (Å²) < 4.78 is 22.6. The minimum Gasteiger partial charge on any atom is -0.330 e. The van der Waals surface area contributed by atoms with Crippen LogP contribution in [0.2, 0.25) is 0 Å². The molecule has 0 saturated heterocycles. The average Bonchev–Trinajstić information content (AvgIpc) is 2.16. The molecule has 2 N–H and O–H groups in total. The van der Waals surface area contributed by atoms with Crippen LogP contribution in [0.15, 0.2) is 29.2 Å². The van der Waals surface area contributed by atoms with Crippen molar-refractivity contribution in [3.8, 4) is 0 Å². The van der Waals surface area contributed by atoms with Crippen molar-refractivity contribution >= 4 is 9.84 Å². The van der Waals surface area contributed by atoms with Gasteiger partial charge >= 0.3 is 0 Å². The minimum atomic E-state index is -3.09. The Balaban J connectivity index is 2.33. The smallest absolute Gasteiger partial charge is 0.175 e. The van der Waals surface area contributed by atoms with Gasteiger partial charge in [0.2, 0.25) is 0 Å². The van der Waals surface area contributed by atoms with Gasteiger partial charge in [0.15, 0.2) is 9.84 Å². The molecule has 1 aliphatic carbocycles. The minimum absolute atomic E-state index is 0.107. The Hall–Kier alpha value is -0.870. The molecule has 1 aromatic rings. The summed E-state index contributed by atoms with van der Waals surface area (Å²) in [4.78, 5) is 0.378. The monoisotopic (exact) mass is 239 g/mol. The third-order valence-corrected chi connectivity index (χ3v) is 4.72. The van der Waals surface area contributed by atoms with Crippen molar-refractivity contribution in [1.82, 2.24) is 0 Å². The third-order valence-electron chi connectivity index (χ3n) is 3.60. The highest BCUT2D eigenvalue weighted by molar-refractivity contribution is 7.90. The number of benzene rings is 1. The van der Waals surface area contributed by atoms with Crippen molar-refractivity contribution in [3.05, 3.63) is 29.8 Å². The van der Waals surface area contributed by atoms with Crippen LogP contribution in [0.1, 0.15) is 24.8 Å². The van der Waals surface area contributed by atoms with Crippen LogP contribution in [0.4, 0.5) is 0 Å². The van der Waals surface area contributed by atoms with E-state index in [9.17, 15) is 8.42 Å². The maximum atomic E-state index is 11.3. The molecule has 0 amide bonds. The Morgan fingerprint density at radius 1 is 1.25 bits per heavy atom. The highest BCUT2D eigenvalue weighted by Gasteiger charge is 2.37. The first-order valence-corrected chi connectivity index (χ1v) is 7.38. The van der Waals surface area contributed by atoms with Crippen molar-refractivity contribution in [2.45, 2.75) is 29.6 Å². The van der Waals surface area contributed by atoms with Crippen LogP contribution in [0, 0.1) is 0 Å². The molecular formula is C12H17NO2S. The van der Waals surface area contributed by atoms with Gasteiger partial charge in [0.1, 0.15) is 0 Å². The van der Waals surface area contributed by atoms with Gasteiger partial charge in [0.25, 0.3) is 0 Å². The molecule has 1 saturated carbocycles. The molecule has 88 valence electrons. The van der Waals surface area contributed by atoms with E-state index in [-0.39, 0.29) is 5.41 Å². The van der Waals surface area contributed by atoms with E-state index < -0.39 is 9.84 Å². The second-order valence-electron chi connectivity index (χ2n) is 4.63. The number of sulfone groups is 1. The molecule has 0 heterocycles. The van der Waals surface area contributed by atoms with E-state index in [1.165, 1.54) is 18.2 Å². The van der Waals surface area contributed by atoms with Crippen LogP contribution in [-0.2, 0) is 15.3 Å². The zero-order valence-electron chi connectivity index (χ0n) is 9.44. The predicted molar refractivity (Wildman–Crippen MR) is 64.1 cm³/mol. The van der Waals surface area contributed by atoms with Gasteiger partial charge in [0, 0.05) is 18.2 Å². The lowest BCUT2D eigenvalue weighted by Crippen LogP contribution is -2.41. The zero-order valence-corrected chi connectivity index (χ0v) is 10.3. The highest BCUT2D eigenvalue weighted by atomic mass is 32.2. The van der Waals surface area contributed by atoms with E-state index in [1.807, 2.05) is 12.1 Å². The third kappa shape index (κ3) is 1.87. The molecule has 1 aliphatic rings. The van der Waals surface area contributed by atoms with E-state index in [4.69, 9.17) is 5.73 Å². The summed E-state index contributed by atoms with van der Waals surface area (Å²) >= 11 is 0. The topological polar surface area (TPSA) is 60.2 Å². The molecule has 1 aromatic carbocycles. The van der Waals surface area contributed by atoms with E-state index in [1.54, 1.807) is 12.1 Å². The Kier molecular flexibility index (Phi) is 2.80. The number of hydrogen-bond acceptors (Lipinski definition) is 3. The molecule has 0 aliphatic heterocycles. The number of nitrogens with two attached hydrogens (primary N) is 1. The standard InChI is InChI=1S/C12H17NO2S/c1-16(14,15)11-5-3-10(4-6-11)12(9-13)7-2-8-12/h3-6H,2,7-9,13H2,1H3. The molecule has 0 radical (unpaired) electrons. The van der Waals surface area contributed by atoms with Gasteiger partial charge in [-0.3, -0.25) is 0 Å². The largest absolute Gasteiger partial charge is 0.330 e. The predicted octanol–water partition coefficient (Wildman–Crippen LogP) is 1.47. The molecular weight excluding hydrogens is 222 g/mol. The Morgan fingerprint density at radius 2 is 1.81 bits per heavy atom. The summed E-state index contributed by atoms with van der Waals surface area (Å²) in [6.45, 7) is 0.644. The second-order valence-corrected chi connectivity index (χ2v) is 6.65. The van der Waals surface area contributed by atoms with E-state index in [0.29, 0.717) is 11.4 Å². The van der Waals surface area contributed by atoms with Crippen LogP contribution >= 0.6 is 0 Å². The maximum Gasteiger partial charge on any atom is 0.175 e. The molecule has 0 atom stereocenters. The van der Waals surface area contributed by atoms with Crippen molar-refractivity contribution in [2.75, 3.05) is 12.8 Å². The number of hydrogen-bond donors (Lipinski definition) is 1. The van der Waals surface area contributed by atoms with Crippen LogP contribution in [-0.4, -0.2) is 21.2 Å². The fourth-order valence-corrected chi connectivity index (χ4v) is 2.90. The van der Waals surface area contributed by atoms with Crippen LogP contribution in [0.5, 0.6) is 0 Å². The first-order valence-electron chi connectivity index (χ1n) is 5.49. The highest BCUT2D eigenvalue weighted by Crippen LogP contribution is 2.42. The fourth-order valence-electron chi connectivity index (χ4n) is 2.27. The van der Waals surface area contributed by atoms with Gasteiger partial charge in [-0.05, 0) is 30.5 Å². The first kappa shape index (κ1) is 11.6. The number of rotatable bonds is 3. The van der Waals surface area contributed by atoms with E-state index >= 15 is 0 Å². The summed E-state index contributed by atoms with van der Waals surface area (Å²) in [7, 11) is -3.09. The van der Waals surface area contributed by atoms with Gasteiger partial charge in [-0.2, -0.15) is 0 Å². The second kappa shape index (κ2) is 3.86. The molecule has 0 bridgehead atoms. The lowest BCUT2D eigenvalue weighted by molar-refractivity contribution is 0.253. The van der Waals surface area contributed by atoms with Crippen LogP contribution in [0.3, 0.4) is 0 Å². The van der Waals surface area contributed by atoms with E-state index in [2.05, 4.69) is 0 Å². The molecule has 0 aromatic heterocycles. The Morgan fingerprint density at radius 3 is 2.12 bits per heavy atom. The molecule has 2 rings (SSSR count). The van der Waals surface area contributed by atoms with E-state index in [0.717, 1.165) is 12.8 Å². The van der Waals surface area contributed by atoms with Crippen LogP contribution < -0.4 is 5.73 Å². The zero-order chi connectivity index (χ0) is 11.8. The lowest BCUT2D eigenvalue weighted by atomic mass is 9.64. The van der Waals surface area contributed by atoms with Gasteiger partial charge in [-0.1, -0.05) is 18.6 Å². The Labute approximate surface area is 96.6 Å². The van der Waals surface area contributed by atoms with Crippen molar-refractivity contribution in [1.29, 1.82) is 0 Å². The van der Waals surface area contributed by atoms with Crippen molar-refractivity contribution in [2.24, 2.45) is 5.73 Å². The molecule has 3 nitrogen and oxygen atoms in total. The lowest BCUT2D eigenvalue weighted by Gasteiger charge is -2.41. The van der Waals surface area contributed by atoms with Crippen molar-refractivity contribution in [3.63, 3.8) is 0 Å². The molecule has 1 fully saturated rings. The molecule has 16 heavy (non-hydrogen) atoms. The quantitative estimate of drug-likeness (QED) is 0.869. The van der Waals surface area contributed by atoms with Gasteiger partial charge < -0.3 is 5.73 Å². The SMILES string of the molecule is CS(=O)(=O)c1ccc(C2(CN)CCC2)cc1. The average molecular weight is 239 g/mol. The summed E-state index contributed by atoms with van der Waals surface area (Å²) in [6, 6.07) is 7.17. The molecule has 4 heteroatoms. The van der Waals surface area contributed by atoms with Crippen molar-refractivity contribution < 1.29 is 8.42 Å². The van der Waals surface area contributed by atoms with Gasteiger partial charge in [-0.15, -0.1) is 0 Å². The summed E-state index contributed by atoms with van der Waals surface area (Å²) in [5.41, 5.74) is 7.09. The molecule has 0 spiro atoms. The maximum absolute atomic E-state index is 11.3. The Bertz CT molecular complexity index is 467. The van der Waals surface area contributed by atoms with Gasteiger partial charge in [-0.25, -0.2) is 8.42 Å². The van der Waals surface area contributed by atoms with Gasteiger partial charge in [0.05, 0.1) is 4.90 Å². The molecule has 0 unspecified atom stereocenters. The fraction of sp³-hybridized carbons (Fsp3) is 0.500. The summed E-state index contributed by atoms with van der Waals surface area (Å²) in [5, 5.41) is 0. The van der Waals surface area contributed by atoms with Crippen LogP contribution in [0.25, 0.3) is 0 Å². The normalized spacial score (nSPS) is 19.1. The summed E-state index contributed by atoms with van der Waals surface area (Å²) in [6.07, 6.45) is 4.67. The summed E-state index contributed by atoms with van der Waals surface area (Å²) in [5.74, 6) is 0.